The fourth-order valence-electron chi connectivity index (χ4n) is 1.82. The molecule has 1 rings (SSSR count). The van der Waals surface area contributed by atoms with Crippen LogP contribution in [0.15, 0.2) is 0 Å². The van der Waals surface area contributed by atoms with Crippen LogP contribution in [0.5, 0.6) is 0 Å². The summed E-state index contributed by atoms with van der Waals surface area (Å²) in [6.45, 7) is 9.75. The van der Waals surface area contributed by atoms with Crippen molar-refractivity contribution >= 4 is 0 Å². The van der Waals surface area contributed by atoms with Gasteiger partial charge in [-0.15, -0.1) is 0 Å². The van der Waals surface area contributed by atoms with E-state index in [2.05, 4.69) is 25.7 Å². The van der Waals surface area contributed by atoms with Crippen LogP contribution in [0, 0.1) is 5.41 Å². The van der Waals surface area contributed by atoms with Crippen molar-refractivity contribution in [2.24, 2.45) is 11.1 Å². The van der Waals surface area contributed by atoms with Crippen molar-refractivity contribution in [3.05, 3.63) is 0 Å². The van der Waals surface area contributed by atoms with E-state index in [-0.39, 0.29) is 18.1 Å². The monoisotopic (exact) mass is 216 g/mol. The topological polar surface area (TPSA) is 58.7 Å². The minimum Gasteiger partial charge on any atom is -0.394 e. The fraction of sp³-hybridized carbons (Fsp3) is 1.00. The number of nitrogens with two attached hydrogens (primary N) is 1. The first kappa shape index (κ1) is 12.9. The van der Waals surface area contributed by atoms with Crippen molar-refractivity contribution in [2.75, 3.05) is 32.8 Å². The summed E-state index contributed by atoms with van der Waals surface area (Å²) in [5.74, 6) is 0. The molecule has 0 amide bonds. The molecule has 15 heavy (non-hydrogen) atoms. The molecule has 0 aromatic heterocycles. The van der Waals surface area contributed by atoms with Crippen LogP contribution in [-0.4, -0.2) is 55.0 Å². The molecule has 1 fully saturated rings. The van der Waals surface area contributed by atoms with Crippen molar-refractivity contribution in [1.82, 2.24) is 4.90 Å². The Morgan fingerprint density at radius 2 is 2.20 bits per heavy atom. The van der Waals surface area contributed by atoms with E-state index >= 15 is 0 Å². The average Bonchev–Trinajstić information content (AvgIpc) is 2.21. The van der Waals surface area contributed by atoms with E-state index in [1.807, 2.05) is 0 Å². The molecule has 0 aromatic carbocycles. The number of aliphatic hydroxyl groups excluding tert-OH is 1. The quantitative estimate of drug-likeness (QED) is 0.697. The summed E-state index contributed by atoms with van der Waals surface area (Å²) in [7, 11) is 0. The Hall–Kier alpha value is -0.160. The Balaban J connectivity index is 2.51. The molecule has 3 N–H and O–H groups in total. The second kappa shape index (κ2) is 5.25. The molecular formula is C11H24N2O2. The molecule has 2 atom stereocenters. The molecule has 2 unspecified atom stereocenters. The Labute approximate surface area is 92.4 Å². The molecule has 1 aliphatic rings. The highest BCUT2D eigenvalue weighted by Gasteiger charge is 2.29. The van der Waals surface area contributed by atoms with Gasteiger partial charge in [0.05, 0.1) is 19.3 Å². The number of aliphatic hydroxyl groups is 1. The normalized spacial score (nSPS) is 29.4. The molecule has 4 heteroatoms. The van der Waals surface area contributed by atoms with Gasteiger partial charge >= 0.3 is 0 Å². The van der Waals surface area contributed by atoms with Gasteiger partial charge in [-0.2, -0.15) is 0 Å². The smallest absolute Gasteiger partial charge is 0.0933 e. The second-order valence-corrected chi connectivity index (χ2v) is 5.28. The Morgan fingerprint density at radius 1 is 1.53 bits per heavy atom. The van der Waals surface area contributed by atoms with E-state index in [1.165, 1.54) is 0 Å². The maximum absolute atomic E-state index is 9.07. The highest BCUT2D eigenvalue weighted by Crippen LogP contribution is 2.20. The van der Waals surface area contributed by atoms with E-state index in [0.717, 1.165) is 13.1 Å². The van der Waals surface area contributed by atoms with Gasteiger partial charge in [-0.25, -0.2) is 0 Å². The summed E-state index contributed by atoms with van der Waals surface area (Å²) in [6.07, 6.45) is -0.0326. The lowest BCUT2D eigenvalue weighted by atomic mass is 9.92. The molecule has 1 aliphatic heterocycles. The largest absolute Gasteiger partial charge is 0.394 e. The van der Waals surface area contributed by atoms with Gasteiger partial charge in [0.2, 0.25) is 0 Å². The van der Waals surface area contributed by atoms with Crippen molar-refractivity contribution in [2.45, 2.75) is 32.9 Å². The van der Waals surface area contributed by atoms with Crippen molar-refractivity contribution in [3.8, 4) is 0 Å². The van der Waals surface area contributed by atoms with Crippen LogP contribution in [0.2, 0.25) is 0 Å². The first-order chi connectivity index (χ1) is 6.98. The molecule has 4 nitrogen and oxygen atoms in total. The van der Waals surface area contributed by atoms with Gasteiger partial charge in [0.1, 0.15) is 0 Å². The zero-order valence-corrected chi connectivity index (χ0v) is 10.1. The summed E-state index contributed by atoms with van der Waals surface area (Å²) in [5, 5.41) is 9.07. The summed E-state index contributed by atoms with van der Waals surface area (Å²) in [4.78, 5) is 2.36. The van der Waals surface area contributed by atoms with Crippen molar-refractivity contribution in [1.29, 1.82) is 0 Å². The van der Waals surface area contributed by atoms with E-state index in [9.17, 15) is 0 Å². The molecule has 0 spiro atoms. The number of hydrogen-bond acceptors (Lipinski definition) is 4. The van der Waals surface area contributed by atoms with Gasteiger partial charge in [0, 0.05) is 19.1 Å². The van der Waals surface area contributed by atoms with Gasteiger partial charge in [0.15, 0.2) is 0 Å². The summed E-state index contributed by atoms with van der Waals surface area (Å²) in [5.41, 5.74) is 5.86. The van der Waals surface area contributed by atoms with Crippen LogP contribution in [0.3, 0.4) is 0 Å². The van der Waals surface area contributed by atoms with E-state index in [1.54, 1.807) is 0 Å². The van der Waals surface area contributed by atoms with Crippen LogP contribution >= 0.6 is 0 Å². The van der Waals surface area contributed by atoms with Gasteiger partial charge in [0.25, 0.3) is 0 Å². The zero-order chi connectivity index (χ0) is 11.5. The summed E-state index contributed by atoms with van der Waals surface area (Å²) in [6, 6.07) is 0.415. The first-order valence-electron chi connectivity index (χ1n) is 5.65. The van der Waals surface area contributed by atoms with Gasteiger partial charge < -0.3 is 15.6 Å². The Bertz CT molecular complexity index is 197. The number of rotatable bonds is 4. The van der Waals surface area contributed by atoms with Crippen LogP contribution in [0.1, 0.15) is 20.8 Å². The molecule has 0 radical (unpaired) electrons. The minimum absolute atomic E-state index is 0.0326. The average molecular weight is 216 g/mol. The van der Waals surface area contributed by atoms with Gasteiger partial charge in [-0.05, 0) is 18.9 Å². The fourth-order valence-corrected chi connectivity index (χ4v) is 1.82. The first-order valence-corrected chi connectivity index (χ1v) is 5.65. The highest BCUT2D eigenvalue weighted by atomic mass is 16.5. The number of nitrogens with zero attached hydrogens (tertiary/aromatic N) is 1. The zero-order valence-electron chi connectivity index (χ0n) is 10.1. The van der Waals surface area contributed by atoms with Crippen LogP contribution in [-0.2, 0) is 4.74 Å². The SMILES string of the molecule is CC1COC(CO)CN1CC(C)(C)CN. The lowest BCUT2D eigenvalue weighted by Crippen LogP contribution is -2.53. The molecule has 0 saturated carbocycles. The number of hydrogen-bond donors (Lipinski definition) is 2. The lowest BCUT2D eigenvalue weighted by molar-refractivity contribution is -0.0854. The summed E-state index contributed by atoms with van der Waals surface area (Å²) >= 11 is 0. The van der Waals surface area contributed by atoms with Gasteiger partial charge in [-0.3, -0.25) is 4.90 Å². The molecule has 1 saturated heterocycles. The highest BCUT2D eigenvalue weighted by molar-refractivity contribution is 4.82. The minimum atomic E-state index is -0.0326. The molecule has 0 bridgehead atoms. The maximum atomic E-state index is 9.07. The third kappa shape index (κ3) is 3.72. The lowest BCUT2D eigenvalue weighted by Gasteiger charge is -2.41. The van der Waals surface area contributed by atoms with E-state index < -0.39 is 0 Å². The molecule has 0 aromatic rings. The molecule has 90 valence electrons. The Morgan fingerprint density at radius 3 is 2.73 bits per heavy atom. The Kier molecular flexibility index (Phi) is 4.52. The standard InChI is InChI=1S/C11H24N2O2/c1-9-6-15-10(5-14)4-13(9)8-11(2,3)7-12/h9-10,14H,4-8,12H2,1-3H3. The molecule has 1 heterocycles. The molecular weight excluding hydrogens is 192 g/mol. The predicted octanol–water partition coefficient (Wildman–Crippen LogP) is 0.0529. The number of ether oxygens (including phenoxy) is 1. The second-order valence-electron chi connectivity index (χ2n) is 5.28. The number of morpholine rings is 1. The predicted molar refractivity (Wildman–Crippen MR) is 60.7 cm³/mol. The van der Waals surface area contributed by atoms with Crippen molar-refractivity contribution in [3.63, 3.8) is 0 Å². The molecule has 0 aliphatic carbocycles. The third-order valence-electron chi connectivity index (χ3n) is 3.02. The van der Waals surface area contributed by atoms with E-state index in [4.69, 9.17) is 15.6 Å². The van der Waals surface area contributed by atoms with Crippen LogP contribution in [0.4, 0.5) is 0 Å². The van der Waals surface area contributed by atoms with Crippen LogP contribution < -0.4 is 5.73 Å². The summed E-state index contributed by atoms with van der Waals surface area (Å²) < 4.78 is 5.49. The third-order valence-corrected chi connectivity index (χ3v) is 3.02. The van der Waals surface area contributed by atoms with Crippen LogP contribution in [0.25, 0.3) is 0 Å². The van der Waals surface area contributed by atoms with Crippen molar-refractivity contribution < 1.29 is 9.84 Å². The van der Waals surface area contributed by atoms with E-state index in [0.29, 0.717) is 19.2 Å². The van der Waals surface area contributed by atoms with Gasteiger partial charge in [-0.1, -0.05) is 13.8 Å². The maximum Gasteiger partial charge on any atom is 0.0933 e.